The van der Waals surface area contributed by atoms with Gasteiger partial charge in [0.25, 0.3) is 0 Å². The van der Waals surface area contributed by atoms with Gasteiger partial charge in [-0.1, -0.05) is 41.9 Å². The number of benzene rings is 3. The number of methoxy groups -OCH3 is 1. The normalized spacial score (nSPS) is 16.5. The van der Waals surface area contributed by atoms with E-state index in [0.29, 0.717) is 41.8 Å². The number of fused-ring (bicyclic) bond motifs is 3. The zero-order valence-electron chi connectivity index (χ0n) is 18.5. The van der Waals surface area contributed by atoms with Gasteiger partial charge in [-0.25, -0.2) is 12.8 Å². The van der Waals surface area contributed by atoms with Crippen LogP contribution in [0.2, 0.25) is 5.02 Å². The number of ether oxygens (including phenoxy) is 1. The Hall–Kier alpha value is -2.87. The minimum Gasteiger partial charge on any atom is -0.497 e. The molecule has 1 aliphatic rings. The molecule has 1 aromatic heterocycles. The molecule has 3 aromatic carbocycles. The van der Waals surface area contributed by atoms with Crippen LogP contribution < -0.4 is 4.74 Å². The van der Waals surface area contributed by atoms with Crippen LogP contribution in [0.15, 0.2) is 80.9 Å². The summed E-state index contributed by atoms with van der Waals surface area (Å²) in [5.74, 6) is 1.41. The van der Waals surface area contributed by atoms with Gasteiger partial charge in [-0.15, -0.1) is 0 Å². The van der Waals surface area contributed by atoms with Gasteiger partial charge in [0.2, 0.25) is 9.84 Å². The molecule has 0 bridgehead atoms. The van der Waals surface area contributed by atoms with Crippen molar-refractivity contribution in [1.29, 1.82) is 0 Å². The molecule has 0 N–H and O–H groups in total. The zero-order chi connectivity index (χ0) is 23.9. The lowest BCUT2D eigenvalue weighted by atomic mass is 9.96. The second-order valence-electron chi connectivity index (χ2n) is 8.28. The van der Waals surface area contributed by atoms with Gasteiger partial charge in [0.1, 0.15) is 18.2 Å². The molecule has 0 radical (unpaired) electrons. The van der Waals surface area contributed by atoms with E-state index in [2.05, 4.69) is 0 Å². The molecular formula is C26H23ClFNO4S. The summed E-state index contributed by atoms with van der Waals surface area (Å²) in [5.41, 5.74) is 2.09. The maximum Gasteiger partial charge on any atom is 0.206 e. The van der Waals surface area contributed by atoms with Crippen LogP contribution >= 0.6 is 11.6 Å². The van der Waals surface area contributed by atoms with Crippen molar-refractivity contribution in [3.8, 4) is 5.75 Å². The van der Waals surface area contributed by atoms with Crippen molar-refractivity contribution in [2.75, 3.05) is 20.3 Å². The Kier molecular flexibility index (Phi) is 6.10. The number of nitrogens with zero attached hydrogens (tertiary/aromatic N) is 1. The maximum absolute atomic E-state index is 14.5. The Balaban J connectivity index is 1.57. The molecule has 34 heavy (non-hydrogen) atoms. The van der Waals surface area contributed by atoms with E-state index in [1.807, 2.05) is 29.2 Å². The van der Waals surface area contributed by atoms with Gasteiger partial charge in [0.05, 0.1) is 28.0 Å². The summed E-state index contributed by atoms with van der Waals surface area (Å²) in [6.45, 7) is 0.520. The van der Waals surface area contributed by atoms with Crippen LogP contribution in [-0.2, 0) is 22.8 Å². The van der Waals surface area contributed by atoms with E-state index in [9.17, 15) is 12.8 Å². The lowest BCUT2D eigenvalue weighted by Crippen LogP contribution is -2.35. The van der Waals surface area contributed by atoms with Crippen molar-refractivity contribution in [2.45, 2.75) is 28.8 Å². The van der Waals surface area contributed by atoms with Crippen molar-refractivity contribution >= 4 is 32.4 Å². The SMILES string of the molecule is COc1ccc(CN2CCc3oc4c(Cl)cc(S(=O)(=O)c5ccccc5)cc4c3C2CF)cc1. The molecule has 1 aliphatic heterocycles. The number of hydrogen-bond acceptors (Lipinski definition) is 5. The van der Waals surface area contributed by atoms with E-state index in [1.165, 1.54) is 6.07 Å². The number of hydrogen-bond donors (Lipinski definition) is 0. The topological polar surface area (TPSA) is 59.8 Å². The van der Waals surface area contributed by atoms with Crippen molar-refractivity contribution in [3.63, 3.8) is 0 Å². The molecule has 0 spiro atoms. The summed E-state index contributed by atoms with van der Waals surface area (Å²) in [6, 6.07) is 18.2. The molecule has 8 heteroatoms. The molecule has 0 amide bonds. The minimum absolute atomic E-state index is 0.0599. The molecule has 5 rings (SSSR count). The molecule has 5 nitrogen and oxygen atoms in total. The molecular weight excluding hydrogens is 477 g/mol. The first-order valence-corrected chi connectivity index (χ1v) is 12.8. The van der Waals surface area contributed by atoms with Gasteiger partial charge in [0.15, 0.2) is 5.58 Å². The van der Waals surface area contributed by atoms with Crippen LogP contribution in [0.25, 0.3) is 11.0 Å². The highest BCUT2D eigenvalue weighted by Gasteiger charge is 2.34. The number of furan rings is 1. The number of sulfone groups is 1. The van der Waals surface area contributed by atoms with Crippen molar-refractivity contribution in [2.24, 2.45) is 0 Å². The fraction of sp³-hybridized carbons (Fsp3) is 0.231. The molecule has 4 aromatic rings. The molecule has 0 saturated heterocycles. The Morgan fingerprint density at radius 1 is 1.09 bits per heavy atom. The van der Waals surface area contributed by atoms with E-state index < -0.39 is 22.6 Å². The van der Waals surface area contributed by atoms with Crippen LogP contribution in [0, 0.1) is 0 Å². The van der Waals surface area contributed by atoms with Crippen LogP contribution in [-0.4, -0.2) is 33.6 Å². The van der Waals surface area contributed by atoms with Gasteiger partial charge in [-0.05, 0) is 42.0 Å². The Morgan fingerprint density at radius 3 is 2.50 bits per heavy atom. The fourth-order valence-electron chi connectivity index (χ4n) is 4.56. The highest BCUT2D eigenvalue weighted by atomic mass is 35.5. The van der Waals surface area contributed by atoms with Crippen molar-refractivity contribution < 1.29 is 22.0 Å². The molecule has 0 fully saturated rings. The average molecular weight is 500 g/mol. The van der Waals surface area contributed by atoms with Crippen molar-refractivity contribution in [3.05, 3.63) is 88.6 Å². The molecule has 1 atom stereocenters. The lowest BCUT2D eigenvalue weighted by Gasteiger charge is -2.33. The monoisotopic (exact) mass is 499 g/mol. The predicted octanol–water partition coefficient (Wildman–Crippen LogP) is 6.00. The van der Waals surface area contributed by atoms with Crippen LogP contribution in [0.4, 0.5) is 4.39 Å². The van der Waals surface area contributed by atoms with Gasteiger partial charge in [-0.2, -0.15) is 0 Å². The summed E-state index contributed by atoms with van der Waals surface area (Å²) >= 11 is 6.48. The molecule has 0 aliphatic carbocycles. The molecule has 176 valence electrons. The van der Waals surface area contributed by atoms with Gasteiger partial charge < -0.3 is 9.15 Å². The van der Waals surface area contributed by atoms with Crippen LogP contribution in [0.5, 0.6) is 5.75 Å². The summed E-state index contributed by atoms with van der Waals surface area (Å²) in [6.07, 6.45) is 0.577. The third-order valence-corrected chi connectivity index (χ3v) is 8.32. The summed E-state index contributed by atoms with van der Waals surface area (Å²) in [5, 5.41) is 0.736. The number of halogens is 2. The third-order valence-electron chi connectivity index (χ3n) is 6.29. The average Bonchev–Trinajstić information content (AvgIpc) is 3.24. The third kappa shape index (κ3) is 3.98. The second kappa shape index (κ2) is 9.06. The van der Waals surface area contributed by atoms with Crippen molar-refractivity contribution in [1.82, 2.24) is 4.90 Å². The molecule has 2 heterocycles. The predicted molar refractivity (Wildman–Crippen MR) is 129 cm³/mol. The lowest BCUT2D eigenvalue weighted by molar-refractivity contribution is 0.142. The second-order valence-corrected chi connectivity index (χ2v) is 10.6. The van der Waals surface area contributed by atoms with E-state index in [1.54, 1.807) is 43.5 Å². The van der Waals surface area contributed by atoms with Crippen LogP contribution in [0.1, 0.15) is 22.9 Å². The standard InChI is InChI=1S/C26H23ClFNO4S/c1-32-18-9-7-17(8-10-18)16-29-12-11-24-25(23(29)15-28)21-13-20(14-22(27)26(21)33-24)34(30,31)19-5-3-2-4-6-19/h2-10,13-14,23H,11-12,15-16H2,1H3. The van der Waals surface area contributed by atoms with Crippen LogP contribution in [0.3, 0.4) is 0 Å². The van der Waals surface area contributed by atoms with E-state index in [4.69, 9.17) is 20.8 Å². The Labute approximate surface area is 202 Å². The summed E-state index contributed by atoms with van der Waals surface area (Å²) in [4.78, 5) is 2.28. The fourth-order valence-corrected chi connectivity index (χ4v) is 6.21. The first kappa shape index (κ1) is 22.9. The Bertz CT molecular complexity index is 1440. The number of alkyl halides is 1. The highest BCUT2D eigenvalue weighted by molar-refractivity contribution is 7.91. The van der Waals surface area contributed by atoms with E-state index in [0.717, 1.165) is 11.3 Å². The highest BCUT2D eigenvalue weighted by Crippen LogP contribution is 2.42. The smallest absolute Gasteiger partial charge is 0.206 e. The van der Waals surface area contributed by atoms with Gasteiger partial charge in [0, 0.05) is 30.5 Å². The van der Waals surface area contributed by atoms with E-state index in [-0.39, 0.29) is 14.8 Å². The molecule has 0 saturated carbocycles. The maximum atomic E-state index is 14.5. The zero-order valence-corrected chi connectivity index (χ0v) is 20.1. The molecule has 1 unspecified atom stereocenters. The quantitative estimate of drug-likeness (QED) is 0.326. The summed E-state index contributed by atoms with van der Waals surface area (Å²) < 4.78 is 52.2. The Morgan fingerprint density at radius 2 is 1.82 bits per heavy atom. The first-order valence-electron chi connectivity index (χ1n) is 10.9. The minimum atomic E-state index is -3.80. The number of rotatable bonds is 6. The summed E-state index contributed by atoms with van der Waals surface area (Å²) in [7, 11) is -2.18. The largest absolute Gasteiger partial charge is 0.497 e. The van der Waals surface area contributed by atoms with Gasteiger partial charge in [-0.3, -0.25) is 4.90 Å². The first-order chi connectivity index (χ1) is 16.4. The van der Waals surface area contributed by atoms with E-state index >= 15 is 0 Å². The van der Waals surface area contributed by atoms with Gasteiger partial charge >= 0.3 is 0 Å².